The summed E-state index contributed by atoms with van der Waals surface area (Å²) in [7, 11) is 0. The summed E-state index contributed by atoms with van der Waals surface area (Å²) in [6, 6.07) is 15.8. The van der Waals surface area contributed by atoms with E-state index in [4.69, 9.17) is 0 Å². The number of nitrogens with zero attached hydrogens (tertiary/aromatic N) is 3. The molecule has 2 unspecified atom stereocenters. The summed E-state index contributed by atoms with van der Waals surface area (Å²) in [5.41, 5.74) is 0.290. The zero-order valence-electron chi connectivity index (χ0n) is 22.5. The van der Waals surface area contributed by atoms with Crippen molar-refractivity contribution in [3.63, 3.8) is 0 Å². The third-order valence-electron chi connectivity index (χ3n) is 7.22. The molecule has 2 atom stereocenters. The SMILES string of the molecule is C=CCN1C(=O)NC(c2ccccc2C(F)(F)F)C2=C1CN(C(C(=O)NCCc1ccccn1)c1ccccc1)C2=O. The van der Waals surface area contributed by atoms with Crippen LogP contribution in [0.2, 0.25) is 0 Å². The number of rotatable bonds is 9. The summed E-state index contributed by atoms with van der Waals surface area (Å²) in [5.74, 6) is -1.11. The second-order valence-electron chi connectivity index (χ2n) is 9.84. The number of pyridine rings is 1. The van der Waals surface area contributed by atoms with Crippen LogP contribution in [0.4, 0.5) is 18.0 Å². The summed E-state index contributed by atoms with van der Waals surface area (Å²) in [6.07, 6.45) is -1.15. The van der Waals surface area contributed by atoms with Gasteiger partial charge in [0.1, 0.15) is 6.04 Å². The molecule has 2 N–H and O–H groups in total. The van der Waals surface area contributed by atoms with E-state index in [9.17, 15) is 27.6 Å². The first-order valence-electron chi connectivity index (χ1n) is 13.3. The minimum absolute atomic E-state index is 0.0182. The quantitative estimate of drug-likeness (QED) is 0.366. The number of halogens is 3. The number of benzene rings is 2. The first-order valence-corrected chi connectivity index (χ1v) is 13.3. The lowest BCUT2D eigenvalue weighted by atomic mass is 9.91. The van der Waals surface area contributed by atoms with E-state index in [0.29, 0.717) is 12.0 Å². The average Bonchev–Trinajstić information content (AvgIpc) is 3.31. The number of nitrogens with one attached hydrogen (secondary N) is 2. The molecular formula is C31H28F3N5O3. The highest BCUT2D eigenvalue weighted by Crippen LogP contribution is 2.43. The topological polar surface area (TPSA) is 94.6 Å². The Morgan fingerprint density at radius 3 is 2.48 bits per heavy atom. The molecule has 2 aromatic carbocycles. The Labute approximate surface area is 240 Å². The van der Waals surface area contributed by atoms with Gasteiger partial charge in [-0.15, -0.1) is 6.58 Å². The minimum Gasteiger partial charge on any atom is -0.354 e. The van der Waals surface area contributed by atoms with Crippen molar-refractivity contribution in [2.75, 3.05) is 19.6 Å². The van der Waals surface area contributed by atoms with Crippen molar-refractivity contribution >= 4 is 17.8 Å². The van der Waals surface area contributed by atoms with E-state index in [0.717, 1.165) is 11.8 Å². The van der Waals surface area contributed by atoms with Crippen LogP contribution in [0.15, 0.2) is 103 Å². The molecule has 5 rings (SSSR count). The van der Waals surface area contributed by atoms with Gasteiger partial charge in [0, 0.05) is 31.4 Å². The van der Waals surface area contributed by atoms with Crippen LogP contribution in [0.5, 0.6) is 0 Å². The molecule has 0 spiro atoms. The van der Waals surface area contributed by atoms with Crippen molar-refractivity contribution < 1.29 is 27.6 Å². The summed E-state index contributed by atoms with van der Waals surface area (Å²) in [5, 5.41) is 5.46. The van der Waals surface area contributed by atoms with Gasteiger partial charge in [-0.2, -0.15) is 13.2 Å². The molecule has 0 fully saturated rings. The zero-order chi connectivity index (χ0) is 29.9. The fourth-order valence-corrected chi connectivity index (χ4v) is 5.35. The van der Waals surface area contributed by atoms with Gasteiger partial charge in [-0.25, -0.2) is 4.79 Å². The van der Waals surface area contributed by atoms with E-state index in [1.54, 1.807) is 42.6 Å². The van der Waals surface area contributed by atoms with Crippen LogP contribution in [0.25, 0.3) is 0 Å². The molecule has 216 valence electrons. The maximum Gasteiger partial charge on any atom is 0.416 e. The fourth-order valence-electron chi connectivity index (χ4n) is 5.35. The molecule has 11 heteroatoms. The summed E-state index contributed by atoms with van der Waals surface area (Å²) < 4.78 is 42.0. The van der Waals surface area contributed by atoms with Gasteiger partial charge in [0.25, 0.3) is 5.91 Å². The molecule has 0 aliphatic carbocycles. The Hall–Kier alpha value is -4.93. The second kappa shape index (κ2) is 11.9. The van der Waals surface area contributed by atoms with Crippen LogP contribution < -0.4 is 10.6 Å². The smallest absolute Gasteiger partial charge is 0.354 e. The van der Waals surface area contributed by atoms with Gasteiger partial charge in [-0.1, -0.05) is 60.7 Å². The maximum atomic E-state index is 14.1. The molecule has 0 saturated carbocycles. The van der Waals surface area contributed by atoms with Crippen molar-refractivity contribution in [1.29, 1.82) is 0 Å². The predicted molar refractivity (Wildman–Crippen MR) is 148 cm³/mol. The molecule has 3 aromatic rings. The Kier molecular flexibility index (Phi) is 8.10. The highest BCUT2D eigenvalue weighted by molar-refractivity contribution is 6.04. The first-order chi connectivity index (χ1) is 20.2. The van der Waals surface area contributed by atoms with Gasteiger partial charge in [0.05, 0.1) is 29.4 Å². The highest BCUT2D eigenvalue weighted by atomic mass is 19.4. The molecule has 0 radical (unpaired) electrons. The summed E-state index contributed by atoms with van der Waals surface area (Å²) in [6.45, 7) is 3.78. The zero-order valence-corrected chi connectivity index (χ0v) is 22.5. The molecular weight excluding hydrogens is 547 g/mol. The molecule has 2 aliphatic rings. The summed E-state index contributed by atoms with van der Waals surface area (Å²) in [4.78, 5) is 47.8. The number of hydrogen-bond donors (Lipinski definition) is 2. The maximum absolute atomic E-state index is 14.1. The first kappa shape index (κ1) is 28.6. The normalized spacial score (nSPS) is 17.5. The lowest BCUT2D eigenvalue weighted by Crippen LogP contribution is -2.47. The number of hydrogen-bond acceptors (Lipinski definition) is 4. The van der Waals surface area contributed by atoms with Gasteiger partial charge in [-0.3, -0.25) is 19.5 Å². The summed E-state index contributed by atoms with van der Waals surface area (Å²) >= 11 is 0. The Bertz CT molecular complexity index is 1530. The van der Waals surface area contributed by atoms with Gasteiger partial charge >= 0.3 is 12.2 Å². The third-order valence-corrected chi connectivity index (χ3v) is 7.22. The number of amides is 4. The van der Waals surface area contributed by atoms with Gasteiger partial charge in [0.2, 0.25) is 5.91 Å². The van der Waals surface area contributed by atoms with E-state index >= 15 is 0 Å². The van der Waals surface area contributed by atoms with Gasteiger partial charge in [-0.05, 0) is 29.3 Å². The lowest BCUT2D eigenvalue weighted by Gasteiger charge is -2.33. The average molecular weight is 576 g/mol. The predicted octanol–water partition coefficient (Wildman–Crippen LogP) is 4.55. The van der Waals surface area contributed by atoms with Crippen molar-refractivity contribution in [2.45, 2.75) is 24.7 Å². The molecule has 4 amide bonds. The number of carbonyl (C=O) groups excluding carboxylic acids is 3. The monoisotopic (exact) mass is 575 g/mol. The van der Waals surface area contributed by atoms with Crippen molar-refractivity contribution in [2.24, 2.45) is 0 Å². The van der Waals surface area contributed by atoms with Crippen LogP contribution in [0, 0.1) is 0 Å². The second-order valence-corrected chi connectivity index (χ2v) is 9.84. The molecule has 1 aromatic heterocycles. The third kappa shape index (κ3) is 5.63. The van der Waals surface area contributed by atoms with Crippen LogP contribution >= 0.6 is 0 Å². The highest BCUT2D eigenvalue weighted by Gasteiger charge is 2.49. The largest absolute Gasteiger partial charge is 0.416 e. The Morgan fingerprint density at radius 2 is 1.79 bits per heavy atom. The van der Waals surface area contributed by atoms with E-state index in [2.05, 4.69) is 22.2 Å². The fraction of sp³-hybridized carbons (Fsp3) is 0.226. The van der Waals surface area contributed by atoms with Crippen molar-refractivity contribution in [1.82, 2.24) is 25.4 Å². The van der Waals surface area contributed by atoms with E-state index in [-0.39, 0.29) is 36.5 Å². The number of carbonyl (C=O) groups is 3. The Morgan fingerprint density at radius 1 is 1.07 bits per heavy atom. The van der Waals surface area contributed by atoms with Gasteiger partial charge in [0.15, 0.2) is 0 Å². The van der Waals surface area contributed by atoms with Crippen molar-refractivity contribution in [3.05, 3.63) is 125 Å². The Balaban J connectivity index is 1.51. The van der Waals surface area contributed by atoms with Crippen molar-refractivity contribution in [3.8, 4) is 0 Å². The molecule has 2 aliphatic heterocycles. The molecule has 0 bridgehead atoms. The molecule has 8 nitrogen and oxygen atoms in total. The van der Waals surface area contributed by atoms with E-state index in [1.807, 2.05) is 12.1 Å². The number of urea groups is 1. The molecule has 0 saturated heterocycles. The van der Waals surface area contributed by atoms with E-state index < -0.39 is 41.7 Å². The molecule has 42 heavy (non-hydrogen) atoms. The minimum atomic E-state index is -4.72. The van der Waals surface area contributed by atoms with Crippen LogP contribution in [0.1, 0.15) is 34.5 Å². The van der Waals surface area contributed by atoms with Crippen LogP contribution in [0.3, 0.4) is 0 Å². The van der Waals surface area contributed by atoms with Gasteiger partial charge < -0.3 is 15.5 Å². The van der Waals surface area contributed by atoms with Crippen LogP contribution in [-0.2, 0) is 22.2 Å². The number of aromatic nitrogens is 1. The van der Waals surface area contributed by atoms with E-state index in [1.165, 1.54) is 34.1 Å². The number of alkyl halides is 3. The molecule has 3 heterocycles. The standard InChI is InChI=1S/C31H28F3N5O3/c1-2-18-38-24-19-39(27(20-10-4-3-5-11-20)28(40)36-17-15-21-12-8-9-16-35-21)29(41)25(24)26(37-30(38)42)22-13-6-7-14-23(22)31(32,33)34/h2-14,16,26-27H,1,15,17-19H2,(H,36,40)(H,37,42). The lowest BCUT2D eigenvalue weighted by molar-refractivity contribution is -0.138. The van der Waals surface area contributed by atoms with Crippen LogP contribution in [-0.4, -0.2) is 52.3 Å².